The Hall–Kier alpha value is -4.46. The number of amides is 1. The molecule has 176 valence electrons. The van der Waals surface area contributed by atoms with Crippen LogP contribution in [0, 0.1) is 6.92 Å². The average molecular weight is 491 g/mol. The Kier molecular flexibility index (Phi) is 5.48. The minimum atomic E-state index is -0.232. The maximum atomic E-state index is 13.3. The molecule has 4 N–H and O–H groups in total. The standard InChI is InChI=1S/C29H22N4O2S/c1-17-9-2-4-12-19(17)27(34)32-26-25(29-31-22-15-6-7-16-23(22)36-29)24(28(33-26)35-30)21-14-8-11-18-10-3-5-13-20(18)21/h2-16,33H,30H2,1H3,(H,32,34). The SMILES string of the molecule is Cc1ccccc1C(=O)Nc1[nH]c(ON)c(-c2cccc3ccccc23)c1-c1nc2ccccc2s1. The number of fused-ring (bicyclic) bond motifs is 2. The molecule has 7 heteroatoms. The van der Waals surface area contributed by atoms with E-state index in [4.69, 9.17) is 15.7 Å². The topological polar surface area (TPSA) is 93.0 Å². The van der Waals surface area contributed by atoms with E-state index < -0.39 is 0 Å². The number of hydrogen-bond donors (Lipinski definition) is 3. The summed E-state index contributed by atoms with van der Waals surface area (Å²) in [6, 6.07) is 29.6. The summed E-state index contributed by atoms with van der Waals surface area (Å²) in [6.45, 7) is 1.91. The van der Waals surface area contributed by atoms with Crippen LogP contribution in [0.3, 0.4) is 0 Å². The fourth-order valence-electron chi connectivity index (χ4n) is 4.56. The van der Waals surface area contributed by atoms with E-state index in [0.717, 1.165) is 48.3 Å². The zero-order chi connectivity index (χ0) is 24.6. The lowest BCUT2D eigenvalue weighted by atomic mass is 9.97. The van der Waals surface area contributed by atoms with Gasteiger partial charge in [0, 0.05) is 5.56 Å². The van der Waals surface area contributed by atoms with Gasteiger partial charge in [0.25, 0.3) is 5.91 Å². The van der Waals surface area contributed by atoms with Gasteiger partial charge in [0.1, 0.15) is 10.8 Å². The van der Waals surface area contributed by atoms with Crippen LogP contribution in [0.15, 0.2) is 91.0 Å². The van der Waals surface area contributed by atoms with Gasteiger partial charge in [0.05, 0.1) is 21.3 Å². The number of nitrogens with zero attached hydrogens (tertiary/aromatic N) is 1. The molecule has 0 bridgehead atoms. The Morgan fingerprint density at radius 3 is 2.50 bits per heavy atom. The van der Waals surface area contributed by atoms with Gasteiger partial charge in [-0.25, -0.2) is 4.98 Å². The molecule has 2 aromatic heterocycles. The highest BCUT2D eigenvalue weighted by Gasteiger charge is 2.27. The van der Waals surface area contributed by atoms with Gasteiger partial charge in [0.2, 0.25) is 5.88 Å². The number of nitrogens with two attached hydrogens (primary N) is 1. The van der Waals surface area contributed by atoms with Crippen molar-refractivity contribution >= 4 is 44.1 Å². The molecule has 0 unspecified atom stereocenters. The van der Waals surface area contributed by atoms with Crippen molar-refractivity contribution in [1.29, 1.82) is 0 Å². The molecule has 0 radical (unpaired) electrons. The van der Waals surface area contributed by atoms with Gasteiger partial charge >= 0.3 is 0 Å². The summed E-state index contributed by atoms with van der Waals surface area (Å²) in [5.41, 5.74) is 4.75. The second-order valence-corrected chi connectivity index (χ2v) is 9.51. The molecule has 0 aliphatic carbocycles. The molecule has 0 atom stereocenters. The number of nitrogens with one attached hydrogen (secondary N) is 2. The highest BCUT2D eigenvalue weighted by atomic mass is 32.1. The Balaban J connectivity index is 1.61. The molecule has 0 saturated carbocycles. The van der Waals surface area contributed by atoms with Crippen molar-refractivity contribution in [2.75, 3.05) is 5.32 Å². The Morgan fingerprint density at radius 2 is 1.67 bits per heavy atom. The molecule has 6 nitrogen and oxygen atoms in total. The van der Waals surface area contributed by atoms with Crippen LogP contribution in [0.25, 0.3) is 42.7 Å². The number of carbonyl (C=O) groups excluding carboxylic acids is 1. The highest BCUT2D eigenvalue weighted by molar-refractivity contribution is 7.21. The second-order valence-electron chi connectivity index (χ2n) is 8.48. The fourth-order valence-corrected chi connectivity index (χ4v) is 5.58. The second kappa shape index (κ2) is 8.96. The first-order valence-electron chi connectivity index (χ1n) is 11.5. The van der Waals surface area contributed by atoms with Crippen molar-refractivity contribution in [2.45, 2.75) is 6.92 Å². The fraction of sp³-hybridized carbons (Fsp3) is 0.0345. The normalized spacial score (nSPS) is 11.2. The summed E-state index contributed by atoms with van der Waals surface area (Å²) in [7, 11) is 0. The average Bonchev–Trinajstić information content (AvgIpc) is 3.49. The number of aromatic nitrogens is 2. The summed E-state index contributed by atoms with van der Waals surface area (Å²) in [5, 5.41) is 5.93. The monoisotopic (exact) mass is 490 g/mol. The minimum absolute atomic E-state index is 0.232. The van der Waals surface area contributed by atoms with Gasteiger partial charge < -0.3 is 15.1 Å². The van der Waals surface area contributed by atoms with Crippen molar-refractivity contribution in [3.8, 4) is 27.6 Å². The third-order valence-electron chi connectivity index (χ3n) is 6.28. The summed E-state index contributed by atoms with van der Waals surface area (Å²) in [4.78, 5) is 26.8. The van der Waals surface area contributed by atoms with Crippen LogP contribution in [0.2, 0.25) is 0 Å². The number of benzene rings is 4. The predicted molar refractivity (Wildman–Crippen MR) is 146 cm³/mol. The Morgan fingerprint density at radius 1 is 0.917 bits per heavy atom. The van der Waals surface area contributed by atoms with Crippen LogP contribution < -0.4 is 16.1 Å². The van der Waals surface area contributed by atoms with Crippen LogP contribution in [0.1, 0.15) is 15.9 Å². The first-order chi connectivity index (χ1) is 17.6. The van der Waals surface area contributed by atoms with Gasteiger partial charge in [-0.3, -0.25) is 4.79 Å². The molecular weight excluding hydrogens is 468 g/mol. The lowest BCUT2D eigenvalue weighted by molar-refractivity contribution is 0.102. The van der Waals surface area contributed by atoms with Crippen molar-refractivity contribution < 1.29 is 9.63 Å². The molecule has 6 rings (SSSR count). The van der Waals surface area contributed by atoms with E-state index in [2.05, 4.69) is 28.5 Å². The van der Waals surface area contributed by atoms with Crippen molar-refractivity contribution in [3.05, 3.63) is 102 Å². The molecule has 0 fully saturated rings. The summed E-state index contributed by atoms with van der Waals surface area (Å²) < 4.78 is 1.05. The van der Waals surface area contributed by atoms with Gasteiger partial charge in [-0.05, 0) is 47.0 Å². The van der Waals surface area contributed by atoms with Gasteiger partial charge in [0.15, 0.2) is 0 Å². The number of aromatic amines is 1. The van der Waals surface area contributed by atoms with Gasteiger partial charge in [-0.1, -0.05) is 72.8 Å². The number of hydrogen-bond acceptors (Lipinski definition) is 5. The molecule has 6 aromatic rings. The molecule has 2 heterocycles. The van der Waals surface area contributed by atoms with Gasteiger partial charge in [-0.2, -0.15) is 5.90 Å². The number of H-pyrrole nitrogens is 1. The number of carbonyl (C=O) groups is 1. The van der Waals surface area contributed by atoms with Crippen molar-refractivity contribution in [1.82, 2.24) is 9.97 Å². The molecule has 0 spiro atoms. The van der Waals surface area contributed by atoms with E-state index in [-0.39, 0.29) is 5.91 Å². The number of para-hydroxylation sites is 1. The minimum Gasteiger partial charge on any atom is -0.392 e. The molecule has 1 amide bonds. The molecule has 4 aromatic carbocycles. The van der Waals surface area contributed by atoms with E-state index in [0.29, 0.717) is 17.3 Å². The van der Waals surface area contributed by atoms with Gasteiger partial charge in [-0.15, -0.1) is 11.3 Å². The Bertz CT molecular complexity index is 1710. The van der Waals surface area contributed by atoms with E-state index in [1.165, 1.54) is 0 Å². The van der Waals surface area contributed by atoms with Crippen LogP contribution in [-0.2, 0) is 0 Å². The molecule has 0 aliphatic heterocycles. The number of rotatable bonds is 5. The quantitative estimate of drug-likeness (QED) is 0.229. The molecule has 0 aliphatic rings. The highest BCUT2D eigenvalue weighted by Crippen LogP contribution is 2.48. The van der Waals surface area contributed by atoms with Crippen LogP contribution in [-0.4, -0.2) is 15.9 Å². The predicted octanol–water partition coefficient (Wildman–Crippen LogP) is 6.92. The smallest absolute Gasteiger partial charge is 0.257 e. The Labute approximate surface area is 211 Å². The lowest BCUT2D eigenvalue weighted by Gasteiger charge is -2.10. The third kappa shape index (κ3) is 3.71. The van der Waals surface area contributed by atoms with E-state index >= 15 is 0 Å². The number of aryl methyl sites for hydroxylation is 1. The zero-order valence-electron chi connectivity index (χ0n) is 19.4. The van der Waals surface area contributed by atoms with E-state index in [1.807, 2.05) is 73.7 Å². The van der Waals surface area contributed by atoms with Crippen LogP contribution in [0.5, 0.6) is 5.88 Å². The van der Waals surface area contributed by atoms with Crippen LogP contribution >= 0.6 is 11.3 Å². The summed E-state index contributed by atoms with van der Waals surface area (Å²) >= 11 is 1.55. The lowest BCUT2D eigenvalue weighted by Crippen LogP contribution is -2.14. The van der Waals surface area contributed by atoms with Crippen molar-refractivity contribution in [2.24, 2.45) is 5.90 Å². The largest absolute Gasteiger partial charge is 0.392 e. The molecule has 0 saturated heterocycles. The number of thiazole rings is 1. The van der Waals surface area contributed by atoms with E-state index in [9.17, 15) is 4.79 Å². The van der Waals surface area contributed by atoms with Crippen molar-refractivity contribution in [3.63, 3.8) is 0 Å². The first kappa shape index (κ1) is 22.0. The number of anilines is 1. The molecule has 36 heavy (non-hydrogen) atoms. The van der Waals surface area contributed by atoms with E-state index in [1.54, 1.807) is 17.4 Å². The maximum Gasteiger partial charge on any atom is 0.257 e. The zero-order valence-corrected chi connectivity index (χ0v) is 20.2. The third-order valence-corrected chi connectivity index (χ3v) is 7.33. The maximum absolute atomic E-state index is 13.3. The summed E-state index contributed by atoms with van der Waals surface area (Å²) in [5.74, 6) is 6.37. The molecular formula is C29H22N4O2S. The summed E-state index contributed by atoms with van der Waals surface area (Å²) in [6.07, 6.45) is 0. The first-order valence-corrected chi connectivity index (χ1v) is 12.3. The van der Waals surface area contributed by atoms with Crippen LogP contribution in [0.4, 0.5) is 5.82 Å².